The topological polar surface area (TPSA) is 73.4 Å². The lowest BCUT2D eigenvalue weighted by molar-refractivity contribution is 0.0731. The van der Waals surface area contributed by atoms with Gasteiger partial charge in [0.2, 0.25) is 5.56 Å². The summed E-state index contributed by atoms with van der Waals surface area (Å²) in [5, 5.41) is 8.93. The zero-order valence-corrected chi connectivity index (χ0v) is 11.8. The number of hydrogen-bond acceptors (Lipinski definition) is 3. The first kappa shape index (κ1) is 15.4. The molecule has 0 aliphatic rings. The second kappa shape index (κ2) is 7.09. The number of carbonyl (C=O) groups excluding carboxylic acids is 1. The minimum absolute atomic E-state index is 0.0817. The quantitative estimate of drug-likeness (QED) is 0.807. The second-order valence-corrected chi connectivity index (χ2v) is 4.96. The van der Waals surface area contributed by atoms with Crippen molar-refractivity contribution in [1.82, 2.24) is 9.88 Å². The SMILES string of the molecule is CCN(CCO)C(=O)c1cc(CC(C)C)[nH]c(=O)c1. The van der Waals surface area contributed by atoms with Gasteiger partial charge in [-0.3, -0.25) is 9.59 Å². The van der Waals surface area contributed by atoms with E-state index >= 15 is 0 Å². The first-order valence-electron chi connectivity index (χ1n) is 6.61. The van der Waals surface area contributed by atoms with Gasteiger partial charge >= 0.3 is 0 Å². The third kappa shape index (κ3) is 4.52. The van der Waals surface area contributed by atoms with Crippen LogP contribution in [0.3, 0.4) is 0 Å². The number of aliphatic hydroxyl groups excluding tert-OH is 1. The molecule has 0 fully saturated rings. The van der Waals surface area contributed by atoms with E-state index in [2.05, 4.69) is 18.8 Å². The molecule has 0 saturated carbocycles. The van der Waals surface area contributed by atoms with Gasteiger partial charge in [-0.15, -0.1) is 0 Å². The van der Waals surface area contributed by atoms with Crippen LogP contribution in [0.4, 0.5) is 0 Å². The van der Waals surface area contributed by atoms with Crippen molar-refractivity contribution >= 4 is 5.91 Å². The number of aromatic amines is 1. The molecule has 2 N–H and O–H groups in total. The fourth-order valence-electron chi connectivity index (χ4n) is 1.98. The molecule has 0 radical (unpaired) electrons. The number of pyridine rings is 1. The lowest BCUT2D eigenvalue weighted by atomic mass is 10.1. The molecular formula is C14H22N2O3. The van der Waals surface area contributed by atoms with Gasteiger partial charge in [0.25, 0.3) is 5.91 Å². The van der Waals surface area contributed by atoms with Crippen molar-refractivity contribution < 1.29 is 9.90 Å². The number of aliphatic hydroxyl groups is 1. The summed E-state index contributed by atoms with van der Waals surface area (Å²) in [6, 6.07) is 3.04. The summed E-state index contributed by atoms with van der Waals surface area (Å²) < 4.78 is 0. The van der Waals surface area contributed by atoms with Crippen LogP contribution >= 0.6 is 0 Å². The van der Waals surface area contributed by atoms with E-state index in [1.165, 1.54) is 11.0 Å². The summed E-state index contributed by atoms with van der Waals surface area (Å²) >= 11 is 0. The van der Waals surface area contributed by atoms with Crippen LogP contribution in [0.15, 0.2) is 16.9 Å². The third-order valence-electron chi connectivity index (χ3n) is 2.81. The largest absolute Gasteiger partial charge is 0.395 e. The van der Waals surface area contributed by atoms with Crippen LogP contribution in [0, 0.1) is 5.92 Å². The third-order valence-corrected chi connectivity index (χ3v) is 2.81. The van der Waals surface area contributed by atoms with E-state index in [0.717, 1.165) is 12.1 Å². The Kier molecular flexibility index (Phi) is 5.76. The maximum atomic E-state index is 12.2. The van der Waals surface area contributed by atoms with Crippen molar-refractivity contribution in [1.29, 1.82) is 0 Å². The van der Waals surface area contributed by atoms with Gasteiger partial charge in [-0.25, -0.2) is 0 Å². The van der Waals surface area contributed by atoms with E-state index < -0.39 is 0 Å². The Balaban J connectivity index is 3.02. The summed E-state index contributed by atoms with van der Waals surface area (Å²) in [5.74, 6) is 0.188. The number of H-pyrrole nitrogens is 1. The highest BCUT2D eigenvalue weighted by Crippen LogP contribution is 2.08. The van der Waals surface area contributed by atoms with Crippen molar-refractivity contribution in [2.75, 3.05) is 19.7 Å². The van der Waals surface area contributed by atoms with Crippen LogP contribution in [-0.2, 0) is 6.42 Å². The molecule has 1 aromatic rings. The fraction of sp³-hybridized carbons (Fsp3) is 0.571. The van der Waals surface area contributed by atoms with E-state index in [9.17, 15) is 9.59 Å². The van der Waals surface area contributed by atoms with Gasteiger partial charge < -0.3 is 15.0 Å². The van der Waals surface area contributed by atoms with Crippen molar-refractivity contribution in [3.63, 3.8) is 0 Å². The first-order valence-corrected chi connectivity index (χ1v) is 6.61. The Bertz CT molecular complexity index is 480. The summed E-state index contributed by atoms with van der Waals surface area (Å²) in [4.78, 5) is 28.1. The van der Waals surface area contributed by atoms with Crippen LogP contribution < -0.4 is 5.56 Å². The van der Waals surface area contributed by atoms with Gasteiger partial charge in [0.15, 0.2) is 0 Å². The van der Waals surface area contributed by atoms with Crippen molar-refractivity contribution in [3.8, 4) is 0 Å². The predicted octanol–water partition coefficient (Wildman–Crippen LogP) is 1.03. The Labute approximate surface area is 113 Å². The summed E-state index contributed by atoms with van der Waals surface area (Å²) in [6.07, 6.45) is 0.725. The van der Waals surface area contributed by atoms with Crippen molar-refractivity contribution in [2.24, 2.45) is 5.92 Å². The van der Waals surface area contributed by atoms with E-state index in [1.54, 1.807) is 6.07 Å². The molecular weight excluding hydrogens is 244 g/mol. The highest BCUT2D eigenvalue weighted by molar-refractivity contribution is 5.94. The predicted molar refractivity (Wildman–Crippen MR) is 74.3 cm³/mol. The zero-order valence-electron chi connectivity index (χ0n) is 11.8. The Hall–Kier alpha value is -1.62. The van der Waals surface area contributed by atoms with Crippen LogP contribution in [-0.4, -0.2) is 40.6 Å². The number of likely N-dealkylation sites (N-methyl/N-ethyl adjacent to an activating group) is 1. The van der Waals surface area contributed by atoms with E-state index in [-0.39, 0.29) is 24.6 Å². The lowest BCUT2D eigenvalue weighted by Gasteiger charge is -2.19. The molecule has 1 heterocycles. The normalized spacial score (nSPS) is 10.8. The van der Waals surface area contributed by atoms with Gasteiger partial charge in [-0.05, 0) is 25.3 Å². The molecule has 19 heavy (non-hydrogen) atoms. The van der Waals surface area contributed by atoms with Gasteiger partial charge in [-0.2, -0.15) is 0 Å². The van der Waals surface area contributed by atoms with Gasteiger partial charge in [0.05, 0.1) is 6.61 Å². The Morgan fingerprint density at radius 3 is 2.63 bits per heavy atom. The smallest absolute Gasteiger partial charge is 0.254 e. The number of amides is 1. The first-order chi connectivity index (χ1) is 8.97. The lowest BCUT2D eigenvalue weighted by Crippen LogP contribution is -2.34. The molecule has 5 heteroatoms. The van der Waals surface area contributed by atoms with E-state index in [4.69, 9.17) is 5.11 Å². The molecule has 0 bridgehead atoms. The molecule has 1 rings (SSSR count). The minimum atomic E-state index is -0.262. The summed E-state index contributed by atoms with van der Waals surface area (Å²) in [6.45, 7) is 6.65. The maximum absolute atomic E-state index is 12.2. The van der Waals surface area contributed by atoms with Gasteiger partial charge in [0, 0.05) is 30.4 Å². The molecule has 0 aliphatic heterocycles. The highest BCUT2D eigenvalue weighted by atomic mass is 16.3. The zero-order chi connectivity index (χ0) is 14.4. The van der Waals surface area contributed by atoms with E-state index in [1.807, 2.05) is 6.92 Å². The number of carbonyl (C=O) groups is 1. The number of nitrogens with one attached hydrogen (secondary N) is 1. The molecule has 0 aliphatic carbocycles. The highest BCUT2D eigenvalue weighted by Gasteiger charge is 2.15. The standard InChI is InChI=1S/C14H22N2O3/c1-4-16(5-6-17)14(19)11-8-12(7-10(2)3)15-13(18)9-11/h8-10,17H,4-7H2,1-3H3,(H,15,18). The van der Waals surface area contributed by atoms with Crippen LogP contribution in [0.1, 0.15) is 36.8 Å². The molecule has 106 valence electrons. The fourth-order valence-corrected chi connectivity index (χ4v) is 1.98. The maximum Gasteiger partial charge on any atom is 0.254 e. The summed E-state index contributed by atoms with van der Waals surface area (Å²) in [7, 11) is 0. The molecule has 0 atom stereocenters. The molecule has 0 spiro atoms. The second-order valence-electron chi connectivity index (χ2n) is 4.96. The minimum Gasteiger partial charge on any atom is -0.395 e. The number of rotatable bonds is 6. The number of nitrogens with zero attached hydrogens (tertiary/aromatic N) is 1. The van der Waals surface area contributed by atoms with Crippen molar-refractivity contribution in [2.45, 2.75) is 27.2 Å². The molecule has 0 aromatic carbocycles. The van der Waals surface area contributed by atoms with Crippen LogP contribution in [0.25, 0.3) is 0 Å². The molecule has 0 unspecified atom stereocenters. The van der Waals surface area contributed by atoms with Crippen molar-refractivity contribution in [3.05, 3.63) is 33.7 Å². The number of hydrogen-bond donors (Lipinski definition) is 2. The summed E-state index contributed by atoms with van der Waals surface area (Å²) in [5.41, 5.74) is 0.891. The van der Waals surface area contributed by atoms with E-state index in [0.29, 0.717) is 18.0 Å². The average Bonchev–Trinajstić information content (AvgIpc) is 2.33. The van der Waals surface area contributed by atoms with Gasteiger partial charge in [0.1, 0.15) is 0 Å². The Morgan fingerprint density at radius 1 is 1.42 bits per heavy atom. The monoisotopic (exact) mass is 266 g/mol. The van der Waals surface area contributed by atoms with Crippen LogP contribution in [0.5, 0.6) is 0 Å². The molecule has 1 amide bonds. The van der Waals surface area contributed by atoms with Crippen LogP contribution in [0.2, 0.25) is 0 Å². The number of aromatic nitrogens is 1. The van der Waals surface area contributed by atoms with Gasteiger partial charge in [-0.1, -0.05) is 13.8 Å². The molecule has 1 aromatic heterocycles. The molecule has 0 saturated heterocycles. The molecule has 5 nitrogen and oxygen atoms in total. The average molecular weight is 266 g/mol. The Morgan fingerprint density at radius 2 is 2.11 bits per heavy atom.